The lowest BCUT2D eigenvalue weighted by Gasteiger charge is -2.11. The minimum absolute atomic E-state index is 0.189. The number of benzene rings is 1. The van der Waals surface area contributed by atoms with Crippen LogP contribution in [0.15, 0.2) is 47.8 Å². The Labute approximate surface area is 115 Å². The zero-order chi connectivity index (χ0) is 13.9. The van der Waals surface area contributed by atoms with Crippen molar-refractivity contribution in [1.82, 2.24) is 9.58 Å². The summed E-state index contributed by atoms with van der Waals surface area (Å²) in [5.41, 5.74) is 0.501. The molecule has 0 aliphatic carbocycles. The second kappa shape index (κ2) is 5.08. The number of carbonyl (C=O) groups is 1. The molecule has 1 aromatic heterocycles. The van der Waals surface area contributed by atoms with Crippen molar-refractivity contribution >= 4 is 12.2 Å². The summed E-state index contributed by atoms with van der Waals surface area (Å²) in [6.07, 6.45) is 5.23. The number of hydrogen-bond donors (Lipinski definition) is 0. The van der Waals surface area contributed by atoms with E-state index in [2.05, 4.69) is 5.10 Å². The fourth-order valence-electron chi connectivity index (χ4n) is 1.83. The average molecular weight is 271 g/mol. The number of nitrogens with zero attached hydrogens (tertiary/aromatic N) is 3. The van der Waals surface area contributed by atoms with Crippen LogP contribution in [0.5, 0.6) is 11.5 Å². The van der Waals surface area contributed by atoms with Crippen molar-refractivity contribution in [1.29, 1.82) is 0 Å². The van der Waals surface area contributed by atoms with Gasteiger partial charge in [0, 0.05) is 25.0 Å². The summed E-state index contributed by atoms with van der Waals surface area (Å²) in [6, 6.07) is 8.83. The van der Waals surface area contributed by atoms with E-state index in [0.29, 0.717) is 17.1 Å². The fourth-order valence-corrected chi connectivity index (χ4v) is 1.83. The average Bonchev–Trinajstić information content (AvgIpc) is 3.13. The van der Waals surface area contributed by atoms with Crippen molar-refractivity contribution in [3.05, 3.63) is 48.3 Å². The lowest BCUT2D eigenvalue weighted by atomic mass is 10.2. The number of hydrazone groups is 1. The molecule has 0 saturated carbocycles. The first-order chi connectivity index (χ1) is 9.74. The van der Waals surface area contributed by atoms with Gasteiger partial charge in [0.2, 0.25) is 6.79 Å². The van der Waals surface area contributed by atoms with E-state index < -0.39 is 0 Å². The van der Waals surface area contributed by atoms with E-state index in [-0.39, 0.29) is 12.7 Å². The van der Waals surface area contributed by atoms with Gasteiger partial charge >= 0.3 is 0 Å². The Morgan fingerprint density at radius 3 is 2.85 bits per heavy atom. The number of rotatable bonds is 3. The van der Waals surface area contributed by atoms with E-state index in [1.165, 1.54) is 5.01 Å². The lowest BCUT2D eigenvalue weighted by molar-refractivity contribution is 0.0799. The van der Waals surface area contributed by atoms with Crippen molar-refractivity contribution in [2.45, 2.75) is 0 Å². The third-order valence-electron chi connectivity index (χ3n) is 2.90. The van der Waals surface area contributed by atoms with Crippen LogP contribution in [0, 0.1) is 0 Å². The Morgan fingerprint density at radius 1 is 1.30 bits per heavy atom. The summed E-state index contributed by atoms with van der Waals surface area (Å²) < 4.78 is 12.2. The lowest BCUT2D eigenvalue weighted by Crippen LogP contribution is -2.21. The molecule has 1 amide bonds. The molecule has 1 aromatic carbocycles. The molecule has 0 spiro atoms. The predicted molar refractivity (Wildman–Crippen MR) is 73.0 cm³/mol. The molecule has 0 N–H and O–H groups in total. The summed E-state index contributed by atoms with van der Waals surface area (Å²) in [5.74, 6) is 1.02. The minimum Gasteiger partial charge on any atom is -0.454 e. The van der Waals surface area contributed by atoms with Gasteiger partial charge < -0.3 is 14.0 Å². The van der Waals surface area contributed by atoms with Crippen LogP contribution < -0.4 is 9.47 Å². The van der Waals surface area contributed by atoms with Crippen LogP contribution >= 0.6 is 0 Å². The molecule has 0 bridgehead atoms. The maximum atomic E-state index is 12.2. The van der Waals surface area contributed by atoms with Gasteiger partial charge in [0.25, 0.3) is 5.91 Å². The van der Waals surface area contributed by atoms with Crippen LogP contribution in [0.3, 0.4) is 0 Å². The van der Waals surface area contributed by atoms with Gasteiger partial charge in [-0.1, -0.05) is 0 Å². The maximum absolute atomic E-state index is 12.2. The Hall–Kier alpha value is -2.76. The molecular formula is C14H13N3O3. The number of amides is 1. The largest absolute Gasteiger partial charge is 0.454 e. The van der Waals surface area contributed by atoms with E-state index in [1.54, 1.807) is 36.2 Å². The smallest absolute Gasteiger partial charge is 0.273 e. The first-order valence-electron chi connectivity index (χ1n) is 6.08. The number of carbonyl (C=O) groups excluding carboxylic acids is 1. The fraction of sp³-hybridized carbons (Fsp3) is 0.143. The molecule has 20 heavy (non-hydrogen) atoms. The summed E-state index contributed by atoms with van der Waals surface area (Å²) in [4.78, 5) is 12.2. The van der Waals surface area contributed by atoms with E-state index in [0.717, 1.165) is 0 Å². The summed E-state index contributed by atoms with van der Waals surface area (Å²) in [7, 11) is 1.60. The highest BCUT2D eigenvalue weighted by Crippen LogP contribution is 2.32. The van der Waals surface area contributed by atoms with Crippen molar-refractivity contribution in [3.63, 3.8) is 0 Å². The molecule has 102 valence electrons. The first kappa shape index (κ1) is 12.3. The predicted octanol–water partition coefficient (Wildman–Crippen LogP) is 1.78. The number of ether oxygens (including phenoxy) is 2. The Kier molecular flexibility index (Phi) is 3.12. The molecule has 0 saturated heterocycles. The standard InChI is InChI=1S/C14H13N3O3/c1-16(15-9-17-6-2-3-7-17)14(18)11-4-5-12-13(8-11)20-10-19-12/h2-9H,10H2,1H3/b15-9+. The van der Waals surface area contributed by atoms with Gasteiger partial charge in [0.1, 0.15) is 6.34 Å². The van der Waals surface area contributed by atoms with E-state index in [1.807, 2.05) is 24.5 Å². The van der Waals surface area contributed by atoms with Gasteiger partial charge in [-0.15, -0.1) is 0 Å². The topological polar surface area (TPSA) is 56.1 Å². The van der Waals surface area contributed by atoms with Crippen molar-refractivity contribution < 1.29 is 14.3 Å². The van der Waals surface area contributed by atoms with Crippen LogP contribution in [0.2, 0.25) is 0 Å². The zero-order valence-electron chi connectivity index (χ0n) is 10.9. The van der Waals surface area contributed by atoms with Crippen LogP contribution in [-0.4, -0.2) is 35.7 Å². The molecule has 1 aliphatic rings. The van der Waals surface area contributed by atoms with Crippen molar-refractivity contribution in [2.24, 2.45) is 5.10 Å². The van der Waals surface area contributed by atoms with Crippen LogP contribution in [0.25, 0.3) is 0 Å². The van der Waals surface area contributed by atoms with Crippen LogP contribution in [0.4, 0.5) is 0 Å². The number of aromatic nitrogens is 1. The van der Waals surface area contributed by atoms with E-state index in [9.17, 15) is 4.79 Å². The van der Waals surface area contributed by atoms with Gasteiger partial charge in [-0.05, 0) is 30.3 Å². The molecular weight excluding hydrogens is 258 g/mol. The zero-order valence-corrected chi connectivity index (χ0v) is 10.9. The van der Waals surface area contributed by atoms with E-state index >= 15 is 0 Å². The molecule has 0 atom stereocenters. The third kappa shape index (κ3) is 2.35. The van der Waals surface area contributed by atoms with Crippen LogP contribution in [0.1, 0.15) is 10.4 Å². The normalized spacial score (nSPS) is 12.8. The highest BCUT2D eigenvalue weighted by molar-refractivity contribution is 5.95. The Balaban J connectivity index is 1.75. The highest BCUT2D eigenvalue weighted by Gasteiger charge is 2.17. The molecule has 6 heteroatoms. The van der Waals surface area contributed by atoms with Crippen molar-refractivity contribution in [2.75, 3.05) is 13.8 Å². The molecule has 0 radical (unpaired) electrons. The second-order valence-electron chi connectivity index (χ2n) is 4.26. The quantitative estimate of drug-likeness (QED) is 0.486. The van der Waals surface area contributed by atoms with Gasteiger partial charge in [0.15, 0.2) is 11.5 Å². The molecule has 2 aromatic rings. The van der Waals surface area contributed by atoms with Gasteiger partial charge in [0.05, 0.1) is 0 Å². The monoisotopic (exact) mass is 271 g/mol. The van der Waals surface area contributed by atoms with Crippen molar-refractivity contribution in [3.8, 4) is 11.5 Å². The Bertz CT molecular complexity index is 650. The van der Waals surface area contributed by atoms with Gasteiger partial charge in [-0.25, -0.2) is 5.01 Å². The maximum Gasteiger partial charge on any atom is 0.273 e. The second-order valence-corrected chi connectivity index (χ2v) is 4.26. The molecule has 6 nitrogen and oxygen atoms in total. The number of hydrogen-bond acceptors (Lipinski definition) is 4. The summed E-state index contributed by atoms with van der Waals surface area (Å²) in [6.45, 7) is 0.189. The summed E-state index contributed by atoms with van der Waals surface area (Å²) in [5, 5.41) is 5.36. The third-order valence-corrected chi connectivity index (χ3v) is 2.90. The number of fused-ring (bicyclic) bond motifs is 1. The van der Waals surface area contributed by atoms with Crippen LogP contribution in [-0.2, 0) is 0 Å². The summed E-state index contributed by atoms with van der Waals surface area (Å²) >= 11 is 0. The Morgan fingerprint density at radius 2 is 2.05 bits per heavy atom. The molecule has 1 aliphatic heterocycles. The van der Waals surface area contributed by atoms with Gasteiger partial charge in [-0.2, -0.15) is 5.10 Å². The van der Waals surface area contributed by atoms with E-state index in [4.69, 9.17) is 9.47 Å². The van der Waals surface area contributed by atoms with Gasteiger partial charge in [-0.3, -0.25) is 4.79 Å². The molecule has 2 heterocycles. The first-order valence-corrected chi connectivity index (χ1v) is 6.08. The molecule has 0 unspecified atom stereocenters. The highest BCUT2D eigenvalue weighted by atomic mass is 16.7. The molecule has 0 fully saturated rings. The minimum atomic E-state index is -0.216. The SMILES string of the molecule is CN(/N=C/n1cccc1)C(=O)c1ccc2c(c1)OCO2. The molecule has 3 rings (SSSR count).